The van der Waals surface area contributed by atoms with E-state index < -0.39 is 0 Å². The van der Waals surface area contributed by atoms with E-state index in [1.54, 1.807) is 0 Å². The zero-order valence-corrected chi connectivity index (χ0v) is 17.4. The third-order valence-electron chi connectivity index (χ3n) is 4.32. The molecule has 0 radical (unpaired) electrons. The number of carbonyl (C=O) groups is 1. The van der Waals surface area contributed by atoms with E-state index in [9.17, 15) is 4.79 Å². The lowest BCUT2D eigenvalue weighted by atomic mass is 10.0. The molecule has 26 heavy (non-hydrogen) atoms. The monoisotopic (exact) mass is 424 g/mol. The first-order chi connectivity index (χ1) is 12.4. The summed E-state index contributed by atoms with van der Waals surface area (Å²) in [6.45, 7) is 8.81. The number of aliphatic imine (C=N–C) groups is 1. The minimum absolute atomic E-state index is 0.0233. The van der Waals surface area contributed by atoms with Crippen molar-refractivity contribution >= 4 is 33.5 Å². The molecule has 1 aromatic rings. The molecule has 6 nitrogen and oxygen atoms in total. The molecule has 1 saturated heterocycles. The summed E-state index contributed by atoms with van der Waals surface area (Å²) in [5, 5.41) is 9.37. The van der Waals surface area contributed by atoms with Crippen molar-refractivity contribution in [2.24, 2.45) is 4.99 Å². The molecule has 1 aliphatic heterocycles. The Hall–Kier alpha value is -1.60. The number of nitrogens with one attached hydrogen (secondary N) is 3. The van der Waals surface area contributed by atoms with Gasteiger partial charge in [-0.3, -0.25) is 9.79 Å². The fourth-order valence-corrected chi connectivity index (χ4v) is 3.30. The van der Waals surface area contributed by atoms with Gasteiger partial charge in [0, 0.05) is 36.3 Å². The van der Waals surface area contributed by atoms with Crippen molar-refractivity contribution < 1.29 is 9.53 Å². The number of aryl methyl sites for hydroxylation is 1. The number of rotatable bonds is 7. The van der Waals surface area contributed by atoms with Crippen LogP contribution >= 0.6 is 15.9 Å². The van der Waals surface area contributed by atoms with E-state index in [0.717, 1.165) is 47.7 Å². The normalized spacial score (nSPS) is 20.1. The first-order valence-electron chi connectivity index (χ1n) is 9.14. The number of hydrogen-bond acceptors (Lipinski definition) is 3. The quantitative estimate of drug-likeness (QED) is 0.463. The van der Waals surface area contributed by atoms with Gasteiger partial charge in [-0.05, 0) is 57.4 Å². The number of ether oxygens (including phenoxy) is 1. The Labute approximate surface area is 164 Å². The highest BCUT2D eigenvalue weighted by Crippen LogP contribution is 2.25. The maximum absolute atomic E-state index is 12.2. The number of benzene rings is 1. The van der Waals surface area contributed by atoms with Crippen LogP contribution in [0.4, 0.5) is 5.69 Å². The molecular weight excluding hydrogens is 396 g/mol. The van der Waals surface area contributed by atoms with Crippen molar-refractivity contribution in [1.82, 2.24) is 10.6 Å². The van der Waals surface area contributed by atoms with E-state index in [-0.39, 0.29) is 11.5 Å². The van der Waals surface area contributed by atoms with Gasteiger partial charge >= 0.3 is 0 Å². The molecule has 0 bridgehead atoms. The van der Waals surface area contributed by atoms with E-state index in [1.165, 1.54) is 0 Å². The molecule has 7 heteroatoms. The average molecular weight is 425 g/mol. The Morgan fingerprint density at radius 3 is 2.85 bits per heavy atom. The van der Waals surface area contributed by atoms with Crippen LogP contribution in [0.15, 0.2) is 27.7 Å². The molecule has 0 aliphatic carbocycles. The van der Waals surface area contributed by atoms with Crippen LogP contribution in [0.2, 0.25) is 0 Å². The van der Waals surface area contributed by atoms with Gasteiger partial charge in [0.15, 0.2) is 5.96 Å². The second kappa shape index (κ2) is 9.92. The number of halogens is 1. The highest BCUT2D eigenvalue weighted by molar-refractivity contribution is 9.10. The Morgan fingerprint density at radius 1 is 1.38 bits per heavy atom. The number of amides is 1. The summed E-state index contributed by atoms with van der Waals surface area (Å²) in [7, 11) is 0. The van der Waals surface area contributed by atoms with Crippen molar-refractivity contribution in [3.05, 3.63) is 28.2 Å². The second-order valence-corrected chi connectivity index (χ2v) is 7.70. The number of nitrogens with zero attached hydrogens (tertiary/aromatic N) is 1. The van der Waals surface area contributed by atoms with Gasteiger partial charge in [-0.1, -0.05) is 15.9 Å². The summed E-state index contributed by atoms with van der Waals surface area (Å²) in [6.07, 6.45) is 2.49. The lowest BCUT2D eigenvalue weighted by Crippen LogP contribution is -2.40. The maximum Gasteiger partial charge on any atom is 0.226 e. The summed E-state index contributed by atoms with van der Waals surface area (Å²) in [4.78, 5) is 16.8. The van der Waals surface area contributed by atoms with Gasteiger partial charge in [0.1, 0.15) is 0 Å². The molecule has 0 spiro atoms. The molecule has 1 amide bonds. The van der Waals surface area contributed by atoms with Crippen molar-refractivity contribution in [2.45, 2.75) is 45.6 Å². The largest absolute Gasteiger partial charge is 0.373 e. The smallest absolute Gasteiger partial charge is 0.226 e. The number of carbonyl (C=O) groups excluding carboxylic acids is 1. The van der Waals surface area contributed by atoms with Crippen LogP contribution in [-0.4, -0.2) is 43.7 Å². The third kappa shape index (κ3) is 6.61. The zero-order chi connectivity index (χ0) is 19.0. The molecule has 0 saturated carbocycles. The highest BCUT2D eigenvalue weighted by Gasteiger charge is 2.29. The third-order valence-corrected chi connectivity index (χ3v) is 4.82. The fourth-order valence-electron chi connectivity index (χ4n) is 2.82. The molecule has 1 atom stereocenters. The van der Waals surface area contributed by atoms with E-state index in [0.29, 0.717) is 19.5 Å². The topological polar surface area (TPSA) is 74.8 Å². The summed E-state index contributed by atoms with van der Waals surface area (Å²) in [5.74, 6) is 0.696. The molecule has 1 fully saturated rings. The van der Waals surface area contributed by atoms with Gasteiger partial charge in [-0.15, -0.1) is 0 Å². The van der Waals surface area contributed by atoms with Gasteiger partial charge in [-0.2, -0.15) is 0 Å². The Balaban J connectivity index is 1.80. The lowest BCUT2D eigenvalue weighted by Gasteiger charge is -2.21. The Kier molecular flexibility index (Phi) is 7.90. The lowest BCUT2D eigenvalue weighted by molar-refractivity contribution is -0.116. The maximum atomic E-state index is 12.2. The molecule has 1 unspecified atom stereocenters. The van der Waals surface area contributed by atoms with Crippen LogP contribution in [0.5, 0.6) is 0 Å². The minimum atomic E-state index is -0.168. The molecule has 1 aromatic carbocycles. The average Bonchev–Trinajstić information content (AvgIpc) is 3.02. The van der Waals surface area contributed by atoms with E-state index >= 15 is 0 Å². The number of hydrogen-bond donors (Lipinski definition) is 3. The standard InChI is InChI=1S/C19H29BrN4O2/c1-4-21-18(23-13-19(3)9-5-11-26-19)22-10-8-17(25)24-16-7-6-15(20)12-14(16)2/h6-7,12H,4-5,8-11,13H2,1-3H3,(H,24,25)(H2,21,22,23). The zero-order valence-electron chi connectivity index (χ0n) is 15.8. The first kappa shape index (κ1) is 20.7. The van der Waals surface area contributed by atoms with Crippen molar-refractivity contribution in [1.29, 1.82) is 0 Å². The predicted octanol–water partition coefficient (Wildman–Crippen LogP) is 3.21. The van der Waals surface area contributed by atoms with E-state index in [1.807, 2.05) is 32.0 Å². The summed E-state index contributed by atoms with van der Waals surface area (Å²) in [5.41, 5.74) is 1.70. The van der Waals surface area contributed by atoms with Gasteiger partial charge in [0.05, 0.1) is 12.1 Å². The van der Waals surface area contributed by atoms with Crippen LogP contribution in [0, 0.1) is 6.92 Å². The van der Waals surface area contributed by atoms with Gasteiger partial charge in [0.2, 0.25) is 5.91 Å². The van der Waals surface area contributed by atoms with Crippen molar-refractivity contribution in [3.8, 4) is 0 Å². The summed E-state index contributed by atoms with van der Waals surface area (Å²) >= 11 is 3.43. The van der Waals surface area contributed by atoms with Crippen LogP contribution in [0.1, 0.15) is 38.7 Å². The molecule has 1 heterocycles. The molecule has 0 aromatic heterocycles. The van der Waals surface area contributed by atoms with Crippen molar-refractivity contribution in [2.75, 3.05) is 31.6 Å². The SMILES string of the molecule is CCNC(=NCC1(C)CCCO1)NCCC(=O)Nc1ccc(Br)cc1C. The second-order valence-electron chi connectivity index (χ2n) is 6.78. The number of anilines is 1. The van der Waals surface area contributed by atoms with Gasteiger partial charge < -0.3 is 20.7 Å². The molecular formula is C19H29BrN4O2. The van der Waals surface area contributed by atoms with E-state index in [2.05, 4.69) is 43.8 Å². The van der Waals surface area contributed by atoms with Crippen molar-refractivity contribution in [3.63, 3.8) is 0 Å². The number of guanidine groups is 1. The summed E-state index contributed by atoms with van der Waals surface area (Å²) < 4.78 is 6.77. The molecule has 3 N–H and O–H groups in total. The van der Waals surface area contributed by atoms with Crippen LogP contribution < -0.4 is 16.0 Å². The van der Waals surface area contributed by atoms with E-state index in [4.69, 9.17) is 4.74 Å². The Bertz CT molecular complexity index is 642. The molecule has 1 aliphatic rings. The summed E-state index contributed by atoms with van der Waals surface area (Å²) in [6, 6.07) is 5.80. The molecule has 2 rings (SSSR count). The van der Waals surface area contributed by atoms with Crippen LogP contribution in [0.25, 0.3) is 0 Å². The highest BCUT2D eigenvalue weighted by atomic mass is 79.9. The minimum Gasteiger partial charge on any atom is -0.373 e. The molecule has 144 valence electrons. The van der Waals surface area contributed by atoms with Crippen LogP contribution in [0.3, 0.4) is 0 Å². The predicted molar refractivity (Wildman–Crippen MR) is 110 cm³/mol. The van der Waals surface area contributed by atoms with Crippen LogP contribution in [-0.2, 0) is 9.53 Å². The Morgan fingerprint density at radius 2 is 2.19 bits per heavy atom. The van der Waals surface area contributed by atoms with Gasteiger partial charge in [0.25, 0.3) is 0 Å². The fraction of sp³-hybridized carbons (Fsp3) is 0.579. The van der Waals surface area contributed by atoms with Gasteiger partial charge in [-0.25, -0.2) is 0 Å². The first-order valence-corrected chi connectivity index (χ1v) is 9.93.